The van der Waals surface area contributed by atoms with Crippen LogP contribution in [0, 0.1) is 0 Å². The highest BCUT2D eigenvalue weighted by Crippen LogP contribution is 2.38. The third-order valence-electron chi connectivity index (χ3n) is 6.87. The van der Waals surface area contributed by atoms with E-state index in [0.717, 1.165) is 22.6 Å². The second-order valence-corrected chi connectivity index (χ2v) is 9.32. The Morgan fingerprint density at radius 2 is 1.67 bits per heavy atom. The maximum Gasteiger partial charge on any atom is 0.322 e. The highest BCUT2D eigenvalue weighted by atomic mass is 16.5. The lowest BCUT2D eigenvalue weighted by Crippen LogP contribution is -2.47. The van der Waals surface area contributed by atoms with Crippen molar-refractivity contribution in [1.29, 1.82) is 0 Å². The van der Waals surface area contributed by atoms with E-state index in [9.17, 15) is 4.79 Å². The first-order valence-corrected chi connectivity index (χ1v) is 12.2. The van der Waals surface area contributed by atoms with Crippen LogP contribution in [0.15, 0.2) is 72.8 Å². The van der Waals surface area contributed by atoms with Gasteiger partial charge in [0.15, 0.2) is 0 Å². The number of rotatable bonds is 4. The van der Waals surface area contributed by atoms with E-state index in [-0.39, 0.29) is 12.1 Å². The smallest absolute Gasteiger partial charge is 0.322 e. The Labute approximate surface area is 196 Å². The molecule has 5 rings (SSSR count). The van der Waals surface area contributed by atoms with Crippen molar-refractivity contribution in [2.45, 2.75) is 57.6 Å². The molecule has 2 amide bonds. The van der Waals surface area contributed by atoms with Gasteiger partial charge in [-0.15, -0.1) is 0 Å². The van der Waals surface area contributed by atoms with E-state index in [1.807, 2.05) is 43.3 Å². The maximum atomic E-state index is 13.0. The van der Waals surface area contributed by atoms with Gasteiger partial charge in [0.05, 0.1) is 12.2 Å². The molecule has 0 bridgehead atoms. The number of nitrogens with zero attached hydrogens (tertiary/aromatic N) is 1. The minimum absolute atomic E-state index is 0.0658. The van der Waals surface area contributed by atoms with E-state index >= 15 is 0 Å². The van der Waals surface area contributed by atoms with Gasteiger partial charge >= 0.3 is 6.03 Å². The molecule has 0 radical (unpaired) electrons. The van der Waals surface area contributed by atoms with Crippen LogP contribution in [0.2, 0.25) is 0 Å². The summed E-state index contributed by atoms with van der Waals surface area (Å²) in [5, 5.41) is 3.05. The zero-order chi connectivity index (χ0) is 22.6. The summed E-state index contributed by atoms with van der Waals surface area (Å²) in [6.45, 7) is 3.04. The first kappa shape index (κ1) is 21.6. The zero-order valence-corrected chi connectivity index (χ0v) is 19.3. The molecule has 0 spiro atoms. The second-order valence-electron chi connectivity index (χ2n) is 9.32. The molecule has 4 heteroatoms. The number of fused-ring (bicyclic) bond motifs is 1. The van der Waals surface area contributed by atoms with Gasteiger partial charge in [0.2, 0.25) is 0 Å². The lowest BCUT2D eigenvalue weighted by atomic mass is 9.84. The lowest BCUT2D eigenvalue weighted by Gasteiger charge is -2.33. The number of carbonyl (C=O) groups excluding carboxylic acids is 1. The lowest BCUT2D eigenvalue weighted by molar-refractivity contribution is 0.205. The predicted molar refractivity (Wildman–Crippen MR) is 134 cm³/mol. The highest BCUT2D eigenvalue weighted by molar-refractivity contribution is 5.94. The van der Waals surface area contributed by atoms with Gasteiger partial charge in [0.1, 0.15) is 11.9 Å². The van der Waals surface area contributed by atoms with Crippen molar-refractivity contribution in [3.05, 3.63) is 83.9 Å². The number of hydrogen-bond acceptors (Lipinski definition) is 2. The summed E-state index contributed by atoms with van der Waals surface area (Å²) in [4.78, 5) is 14.8. The number of ether oxygens (including phenoxy) is 1. The molecule has 1 aliphatic carbocycles. The number of hydrogen-bond donors (Lipinski definition) is 1. The maximum absolute atomic E-state index is 13.0. The molecule has 170 valence electrons. The summed E-state index contributed by atoms with van der Waals surface area (Å²) in [7, 11) is 0. The predicted octanol–water partition coefficient (Wildman–Crippen LogP) is 6.90. The van der Waals surface area contributed by atoms with E-state index in [1.54, 1.807) is 4.90 Å². The summed E-state index contributed by atoms with van der Waals surface area (Å²) >= 11 is 0. The Hall–Kier alpha value is -3.27. The van der Waals surface area contributed by atoms with E-state index in [1.165, 1.54) is 43.2 Å². The summed E-state index contributed by atoms with van der Waals surface area (Å²) in [5.74, 6) is 1.47. The minimum Gasteiger partial charge on any atom is -0.487 e. The van der Waals surface area contributed by atoms with Crippen LogP contribution >= 0.6 is 0 Å². The van der Waals surface area contributed by atoms with Gasteiger partial charge in [-0.05, 0) is 60.1 Å². The monoisotopic (exact) mass is 440 g/mol. The van der Waals surface area contributed by atoms with Gasteiger partial charge in [-0.2, -0.15) is 0 Å². The van der Waals surface area contributed by atoms with Crippen molar-refractivity contribution in [3.8, 4) is 16.9 Å². The number of urea groups is 1. The van der Waals surface area contributed by atoms with Crippen LogP contribution in [0.5, 0.6) is 5.75 Å². The van der Waals surface area contributed by atoms with Crippen LogP contribution in [0.3, 0.4) is 0 Å². The molecule has 0 saturated heterocycles. The Morgan fingerprint density at radius 3 is 2.42 bits per heavy atom. The standard InChI is InChI=1S/C29H32N2O2/c1-21-20-31(29(32)30-19-22-8-4-2-5-9-22)27-17-16-26(18-28(27)33-21)25-14-12-24(13-15-25)23-10-6-3-7-11-23/h2,4-5,8-9,12-18,21,23H,3,6-7,10-11,19-20H2,1H3,(H,30,32). The van der Waals surface area contributed by atoms with Crippen molar-refractivity contribution in [3.63, 3.8) is 0 Å². The number of nitrogens with one attached hydrogen (secondary N) is 1. The Bertz CT molecular complexity index is 1090. The molecule has 3 aromatic carbocycles. The molecule has 0 aromatic heterocycles. The van der Waals surface area contributed by atoms with Gasteiger partial charge < -0.3 is 10.1 Å². The molecular formula is C29H32N2O2. The van der Waals surface area contributed by atoms with Crippen LogP contribution in [-0.4, -0.2) is 18.7 Å². The van der Waals surface area contributed by atoms with E-state index < -0.39 is 0 Å². The SMILES string of the molecule is CC1CN(C(=O)NCc2ccccc2)c2ccc(-c3ccc(C4CCCCC4)cc3)cc2O1. The van der Waals surface area contributed by atoms with Crippen LogP contribution in [-0.2, 0) is 6.54 Å². The van der Waals surface area contributed by atoms with Crippen molar-refractivity contribution >= 4 is 11.7 Å². The molecule has 33 heavy (non-hydrogen) atoms. The average molecular weight is 441 g/mol. The van der Waals surface area contributed by atoms with E-state index in [0.29, 0.717) is 19.0 Å². The molecule has 1 atom stereocenters. The van der Waals surface area contributed by atoms with Crippen LogP contribution < -0.4 is 15.0 Å². The molecule has 1 unspecified atom stereocenters. The topological polar surface area (TPSA) is 41.6 Å². The van der Waals surface area contributed by atoms with E-state index in [2.05, 4.69) is 41.7 Å². The molecule has 4 nitrogen and oxygen atoms in total. The number of amides is 2. The summed E-state index contributed by atoms with van der Waals surface area (Å²) < 4.78 is 6.13. The molecule has 1 heterocycles. The third-order valence-corrected chi connectivity index (χ3v) is 6.87. The van der Waals surface area contributed by atoms with Crippen molar-refractivity contribution in [1.82, 2.24) is 5.32 Å². The molecule has 1 N–H and O–H groups in total. The largest absolute Gasteiger partial charge is 0.487 e. The highest BCUT2D eigenvalue weighted by Gasteiger charge is 2.28. The number of anilines is 1. The third kappa shape index (κ3) is 4.90. The molecule has 1 fully saturated rings. The summed E-state index contributed by atoms with van der Waals surface area (Å²) in [6.07, 6.45) is 6.63. The number of benzene rings is 3. The van der Waals surface area contributed by atoms with Gasteiger partial charge in [-0.3, -0.25) is 4.90 Å². The van der Waals surface area contributed by atoms with Crippen molar-refractivity contribution < 1.29 is 9.53 Å². The van der Waals surface area contributed by atoms with Crippen LogP contribution in [0.4, 0.5) is 10.5 Å². The van der Waals surface area contributed by atoms with Gasteiger partial charge in [0.25, 0.3) is 0 Å². The number of carbonyl (C=O) groups is 1. The molecular weight excluding hydrogens is 408 g/mol. The molecule has 1 saturated carbocycles. The first-order valence-electron chi connectivity index (χ1n) is 12.2. The molecule has 1 aliphatic heterocycles. The van der Waals surface area contributed by atoms with E-state index in [4.69, 9.17) is 4.74 Å². The first-order chi connectivity index (χ1) is 16.2. The Kier molecular flexibility index (Phi) is 6.34. The quantitative estimate of drug-likeness (QED) is 0.479. The fourth-order valence-corrected chi connectivity index (χ4v) is 5.07. The fraction of sp³-hybridized carbons (Fsp3) is 0.345. The normalized spacial score (nSPS) is 18.3. The van der Waals surface area contributed by atoms with Gasteiger partial charge in [-0.25, -0.2) is 4.79 Å². The summed E-state index contributed by atoms with van der Waals surface area (Å²) in [6, 6.07) is 25.1. The Morgan fingerprint density at radius 1 is 0.939 bits per heavy atom. The minimum atomic E-state index is -0.0974. The van der Waals surface area contributed by atoms with Gasteiger partial charge in [0, 0.05) is 6.54 Å². The molecule has 3 aromatic rings. The average Bonchev–Trinajstić information content (AvgIpc) is 2.87. The van der Waals surface area contributed by atoms with Crippen molar-refractivity contribution in [2.24, 2.45) is 0 Å². The Balaban J connectivity index is 1.32. The van der Waals surface area contributed by atoms with Crippen molar-refractivity contribution in [2.75, 3.05) is 11.4 Å². The molecule has 2 aliphatic rings. The van der Waals surface area contributed by atoms with Crippen LogP contribution in [0.1, 0.15) is 56.1 Å². The fourth-order valence-electron chi connectivity index (χ4n) is 5.07. The van der Waals surface area contributed by atoms with Crippen LogP contribution in [0.25, 0.3) is 11.1 Å². The second kappa shape index (κ2) is 9.70. The van der Waals surface area contributed by atoms with Gasteiger partial charge in [-0.1, -0.05) is 79.9 Å². The summed E-state index contributed by atoms with van der Waals surface area (Å²) in [5.41, 5.74) is 5.66. The zero-order valence-electron chi connectivity index (χ0n) is 19.3.